The smallest absolute Gasteiger partial charge is 0.340 e. The Morgan fingerprint density at radius 1 is 1.40 bits per heavy atom. The number of aromatic amines is 2. The maximum absolute atomic E-state index is 11.0. The third-order valence-corrected chi connectivity index (χ3v) is 3.66. The van der Waals surface area contributed by atoms with E-state index < -0.39 is 0 Å². The van der Waals surface area contributed by atoms with E-state index in [0.717, 1.165) is 17.3 Å². The second kappa shape index (κ2) is 5.07. The average Bonchev–Trinajstić information content (AvgIpc) is 2.71. The van der Waals surface area contributed by atoms with Gasteiger partial charge in [-0.3, -0.25) is 4.98 Å². The van der Waals surface area contributed by atoms with E-state index in [1.807, 2.05) is 24.9 Å². The van der Waals surface area contributed by atoms with Crippen LogP contribution in [-0.2, 0) is 6.54 Å². The fraction of sp³-hybridized carbons (Fsp3) is 0.538. The van der Waals surface area contributed by atoms with Gasteiger partial charge in [-0.25, -0.2) is 19.9 Å². The molecule has 2 aromatic rings. The van der Waals surface area contributed by atoms with Gasteiger partial charge in [-0.05, 0) is 19.8 Å². The van der Waals surface area contributed by atoms with Crippen LogP contribution in [0.2, 0.25) is 0 Å². The fourth-order valence-electron chi connectivity index (χ4n) is 2.30. The van der Waals surface area contributed by atoms with Crippen molar-refractivity contribution in [3.63, 3.8) is 0 Å². The van der Waals surface area contributed by atoms with Crippen LogP contribution < -0.4 is 10.6 Å². The molecule has 0 unspecified atom stereocenters. The van der Waals surface area contributed by atoms with Gasteiger partial charge >= 0.3 is 5.69 Å². The molecule has 0 aliphatic heterocycles. The molecule has 0 saturated heterocycles. The zero-order valence-electron chi connectivity index (χ0n) is 11.7. The standard InChI is InChI=1S/C13H18N6O/c1-8-6-11(16-12(14-8)9-4-3-5-9)19(2)7-10-15-13(20)18-17-10/h6,9H,3-5,7H2,1-2H3,(H2,15,17,18,20). The van der Waals surface area contributed by atoms with E-state index in [4.69, 9.17) is 0 Å². The molecule has 7 heteroatoms. The van der Waals surface area contributed by atoms with Gasteiger partial charge in [0.05, 0.1) is 6.54 Å². The van der Waals surface area contributed by atoms with Crippen molar-refractivity contribution < 1.29 is 0 Å². The van der Waals surface area contributed by atoms with E-state index in [2.05, 4.69) is 25.1 Å². The summed E-state index contributed by atoms with van der Waals surface area (Å²) in [5.41, 5.74) is 0.682. The molecule has 0 amide bonds. The molecule has 1 fully saturated rings. The Morgan fingerprint density at radius 2 is 2.20 bits per heavy atom. The summed E-state index contributed by atoms with van der Waals surface area (Å²) in [7, 11) is 1.93. The fourth-order valence-corrected chi connectivity index (χ4v) is 2.30. The molecule has 0 radical (unpaired) electrons. The molecule has 0 atom stereocenters. The number of nitrogens with zero attached hydrogens (tertiary/aromatic N) is 4. The van der Waals surface area contributed by atoms with Crippen LogP contribution in [0.3, 0.4) is 0 Å². The van der Waals surface area contributed by atoms with Crippen molar-refractivity contribution in [2.24, 2.45) is 0 Å². The van der Waals surface area contributed by atoms with Crippen LogP contribution in [0.4, 0.5) is 5.82 Å². The number of hydrogen-bond donors (Lipinski definition) is 2. The first kappa shape index (κ1) is 12.8. The van der Waals surface area contributed by atoms with E-state index in [9.17, 15) is 4.79 Å². The van der Waals surface area contributed by atoms with Gasteiger partial charge in [0.25, 0.3) is 0 Å². The highest BCUT2D eigenvalue weighted by Crippen LogP contribution is 2.35. The molecule has 0 bridgehead atoms. The van der Waals surface area contributed by atoms with Crippen molar-refractivity contribution in [3.8, 4) is 0 Å². The summed E-state index contributed by atoms with van der Waals surface area (Å²) in [5, 5.41) is 6.27. The van der Waals surface area contributed by atoms with Gasteiger partial charge in [-0.15, -0.1) is 0 Å². The Bertz CT molecular complexity index is 657. The number of aryl methyl sites for hydroxylation is 1. The molecule has 1 saturated carbocycles. The van der Waals surface area contributed by atoms with Gasteiger partial charge in [0, 0.05) is 24.7 Å². The maximum Gasteiger partial charge on any atom is 0.340 e. The van der Waals surface area contributed by atoms with Crippen LogP contribution in [0.1, 0.15) is 42.5 Å². The monoisotopic (exact) mass is 274 g/mol. The van der Waals surface area contributed by atoms with Gasteiger partial charge < -0.3 is 4.90 Å². The first-order chi connectivity index (χ1) is 9.61. The number of rotatable bonds is 4. The van der Waals surface area contributed by atoms with Crippen LogP contribution in [0, 0.1) is 6.92 Å². The van der Waals surface area contributed by atoms with E-state index in [1.165, 1.54) is 19.3 Å². The summed E-state index contributed by atoms with van der Waals surface area (Å²) in [6.07, 6.45) is 3.63. The summed E-state index contributed by atoms with van der Waals surface area (Å²) >= 11 is 0. The van der Waals surface area contributed by atoms with Gasteiger partial charge in [0.1, 0.15) is 17.5 Å². The summed E-state index contributed by atoms with van der Waals surface area (Å²) in [4.78, 5) is 24.8. The SMILES string of the molecule is Cc1cc(N(C)Cc2n[nH]c(=O)[nH]2)nc(C2CCC2)n1. The van der Waals surface area contributed by atoms with E-state index >= 15 is 0 Å². The molecule has 2 N–H and O–H groups in total. The topological polar surface area (TPSA) is 90.6 Å². The van der Waals surface area contributed by atoms with Crippen LogP contribution in [-0.4, -0.2) is 32.2 Å². The van der Waals surface area contributed by atoms with Crippen LogP contribution in [0.5, 0.6) is 0 Å². The minimum atomic E-state index is -0.289. The molecule has 1 aliphatic carbocycles. The lowest BCUT2D eigenvalue weighted by molar-refractivity contribution is 0.400. The second-order valence-corrected chi connectivity index (χ2v) is 5.33. The van der Waals surface area contributed by atoms with Crippen molar-refractivity contribution in [3.05, 3.63) is 33.9 Å². The van der Waals surface area contributed by atoms with Crippen molar-refractivity contribution >= 4 is 5.82 Å². The molecule has 2 heterocycles. The van der Waals surface area contributed by atoms with Crippen molar-refractivity contribution in [2.75, 3.05) is 11.9 Å². The predicted octanol–water partition coefficient (Wildman–Crippen LogP) is 1.10. The number of hydrogen-bond acceptors (Lipinski definition) is 5. The number of aromatic nitrogens is 5. The molecule has 0 aromatic carbocycles. The normalized spacial score (nSPS) is 15.1. The molecular weight excluding hydrogens is 256 g/mol. The van der Waals surface area contributed by atoms with E-state index in [-0.39, 0.29) is 5.69 Å². The number of H-pyrrole nitrogens is 2. The van der Waals surface area contributed by atoms with Crippen LogP contribution in [0.15, 0.2) is 10.9 Å². The molecule has 3 rings (SSSR count). The zero-order valence-corrected chi connectivity index (χ0v) is 11.7. The van der Waals surface area contributed by atoms with Crippen molar-refractivity contribution in [2.45, 2.75) is 38.6 Å². The molecule has 0 spiro atoms. The zero-order chi connectivity index (χ0) is 14.1. The number of nitrogens with one attached hydrogen (secondary N) is 2. The van der Waals surface area contributed by atoms with Crippen LogP contribution in [0.25, 0.3) is 0 Å². The first-order valence-corrected chi connectivity index (χ1v) is 6.82. The number of anilines is 1. The Hall–Kier alpha value is -2.18. The lowest BCUT2D eigenvalue weighted by Crippen LogP contribution is -2.21. The van der Waals surface area contributed by atoms with Crippen molar-refractivity contribution in [1.29, 1.82) is 0 Å². The lowest BCUT2D eigenvalue weighted by Gasteiger charge is -2.25. The van der Waals surface area contributed by atoms with Gasteiger partial charge in [0.15, 0.2) is 0 Å². The van der Waals surface area contributed by atoms with Crippen LogP contribution >= 0.6 is 0 Å². The van der Waals surface area contributed by atoms with E-state index in [0.29, 0.717) is 18.3 Å². The average molecular weight is 274 g/mol. The minimum absolute atomic E-state index is 0.289. The molecule has 1 aliphatic rings. The third kappa shape index (κ3) is 2.56. The Morgan fingerprint density at radius 3 is 2.80 bits per heavy atom. The quantitative estimate of drug-likeness (QED) is 0.871. The lowest BCUT2D eigenvalue weighted by atomic mass is 9.85. The first-order valence-electron chi connectivity index (χ1n) is 6.82. The molecule has 2 aromatic heterocycles. The Kier molecular flexibility index (Phi) is 3.25. The highest BCUT2D eigenvalue weighted by atomic mass is 16.1. The highest BCUT2D eigenvalue weighted by molar-refractivity contribution is 5.39. The summed E-state index contributed by atoms with van der Waals surface area (Å²) in [6, 6.07) is 1.95. The molecular formula is C13H18N6O. The largest absolute Gasteiger partial charge is 0.352 e. The Balaban J connectivity index is 1.81. The summed E-state index contributed by atoms with van der Waals surface area (Å²) in [6.45, 7) is 2.48. The minimum Gasteiger partial charge on any atom is -0.352 e. The van der Waals surface area contributed by atoms with Gasteiger partial charge in [0.2, 0.25) is 0 Å². The second-order valence-electron chi connectivity index (χ2n) is 5.33. The molecule has 20 heavy (non-hydrogen) atoms. The van der Waals surface area contributed by atoms with Gasteiger partial charge in [-0.1, -0.05) is 6.42 Å². The highest BCUT2D eigenvalue weighted by Gasteiger charge is 2.23. The molecule has 7 nitrogen and oxygen atoms in total. The Labute approximate surface area is 116 Å². The van der Waals surface area contributed by atoms with Gasteiger partial charge in [-0.2, -0.15) is 5.10 Å². The van der Waals surface area contributed by atoms with Crippen molar-refractivity contribution in [1.82, 2.24) is 25.1 Å². The molecule has 106 valence electrons. The third-order valence-electron chi connectivity index (χ3n) is 3.66. The van der Waals surface area contributed by atoms with E-state index in [1.54, 1.807) is 0 Å². The summed E-state index contributed by atoms with van der Waals surface area (Å²) < 4.78 is 0. The predicted molar refractivity (Wildman–Crippen MR) is 74.7 cm³/mol. The maximum atomic E-state index is 11.0. The summed E-state index contributed by atoms with van der Waals surface area (Å²) in [5.74, 6) is 2.91.